The minimum absolute atomic E-state index is 0.289. The molecule has 0 radical (unpaired) electrons. The van der Waals surface area contributed by atoms with Gasteiger partial charge in [-0.3, -0.25) is 4.90 Å². The van der Waals surface area contributed by atoms with Crippen LogP contribution in [0.15, 0.2) is 36.7 Å². The Morgan fingerprint density at radius 1 is 1.45 bits per heavy atom. The number of imidazole rings is 1. The molecule has 1 aromatic heterocycles. The van der Waals surface area contributed by atoms with Crippen LogP contribution in [0.25, 0.3) is 0 Å². The van der Waals surface area contributed by atoms with E-state index in [2.05, 4.69) is 14.9 Å². The van der Waals surface area contributed by atoms with Crippen LogP contribution in [0.1, 0.15) is 34.1 Å². The molecule has 5 nitrogen and oxygen atoms in total. The highest BCUT2D eigenvalue weighted by atomic mass is 16.4. The Kier molecular flexibility index (Phi) is 3.52. The zero-order chi connectivity index (χ0) is 13.9. The van der Waals surface area contributed by atoms with E-state index in [9.17, 15) is 9.90 Å². The average Bonchev–Trinajstić information content (AvgIpc) is 3.11. The molecule has 0 amide bonds. The molecule has 1 unspecified atom stereocenters. The van der Waals surface area contributed by atoms with E-state index >= 15 is 0 Å². The van der Waals surface area contributed by atoms with Crippen molar-refractivity contribution in [2.75, 3.05) is 13.1 Å². The molecule has 3 rings (SSSR count). The molecule has 2 N–H and O–H groups in total. The number of nitrogens with zero attached hydrogens (tertiary/aromatic N) is 2. The quantitative estimate of drug-likeness (QED) is 0.893. The molecular weight excluding hydrogens is 254 g/mol. The first-order chi connectivity index (χ1) is 9.74. The Bertz CT molecular complexity index is 595. The van der Waals surface area contributed by atoms with Gasteiger partial charge in [-0.1, -0.05) is 18.2 Å². The second-order valence-electron chi connectivity index (χ2n) is 5.15. The third-order valence-electron chi connectivity index (χ3n) is 3.83. The van der Waals surface area contributed by atoms with E-state index in [1.165, 1.54) is 0 Å². The molecule has 0 saturated carbocycles. The molecule has 1 atom stereocenters. The fourth-order valence-electron chi connectivity index (χ4n) is 2.87. The fraction of sp³-hybridized carbons (Fsp3) is 0.333. The molecule has 2 aromatic rings. The van der Waals surface area contributed by atoms with Gasteiger partial charge in [-0.25, -0.2) is 9.78 Å². The molecular formula is C15H17N3O2. The maximum atomic E-state index is 11.3. The number of carbonyl (C=O) groups is 1. The highest BCUT2D eigenvalue weighted by Gasteiger charge is 2.27. The van der Waals surface area contributed by atoms with Crippen LogP contribution in [0, 0.1) is 0 Å². The van der Waals surface area contributed by atoms with Crippen LogP contribution < -0.4 is 0 Å². The number of nitrogens with one attached hydrogen (secondary N) is 1. The summed E-state index contributed by atoms with van der Waals surface area (Å²) in [4.78, 5) is 20.9. The van der Waals surface area contributed by atoms with Gasteiger partial charge in [0.15, 0.2) is 0 Å². The highest BCUT2D eigenvalue weighted by molar-refractivity contribution is 5.89. The number of hydrogen-bond acceptors (Lipinski definition) is 3. The number of H-pyrrole nitrogens is 1. The molecule has 20 heavy (non-hydrogen) atoms. The van der Waals surface area contributed by atoms with Gasteiger partial charge in [-0.15, -0.1) is 0 Å². The number of benzene rings is 1. The molecule has 1 aromatic carbocycles. The van der Waals surface area contributed by atoms with E-state index in [1.54, 1.807) is 18.3 Å². The topological polar surface area (TPSA) is 69.2 Å². The van der Waals surface area contributed by atoms with Crippen molar-refractivity contribution in [3.05, 3.63) is 53.6 Å². The Balaban J connectivity index is 1.72. The van der Waals surface area contributed by atoms with E-state index in [1.807, 2.05) is 18.3 Å². The number of rotatable bonds is 4. The molecule has 2 heterocycles. The van der Waals surface area contributed by atoms with Crippen molar-refractivity contribution in [2.24, 2.45) is 0 Å². The fourth-order valence-corrected chi connectivity index (χ4v) is 2.87. The predicted octanol–water partition coefficient (Wildman–Crippen LogP) is 2.10. The summed E-state index contributed by atoms with van der Waals surface area (Å²) in [5, 5.41) is 9.27. The second-order valence-corrected chi connectivity index (χ2v) is 5.15. The highest BCUT2D eigenvalue weighted by Crippen LogP contribution is 2.30. The van der Waals surface area contributed by atoms with Gasteiger partial charge in [0.05, 0.1) is 12.1 Å². The lowest BCUT2D eigenvalue weighted by Crippen LogP contribution is -2.20. The molecule has 0 spiro atoms. The minimum atomic E-state index is -0.843. The van der Waals surface area contributed by atoms with Crippen LogP contribution in [0.5, 0.6) is 0 Å². The van der Waals surface area contributed by atoms with Crippen LogP contribution in [0.2, 0.25) is 0 Å². The minimum Gasteiger partial charge on any atom is -0.478 e. The lowest BCUT2D eigenvalue weighted by Gasteiger charge is -2.16. The summed E-state index contributed by atoms with van der Waals surface area (Å²) in [7, 11) is 0. The van der Waals surface area contributed by atoms with Crippen molar-refractivity contribution in [1.29, 1.82) is 0 Å². The van der Waals surface area contributed by atoms with Crippen LogP contribution in [-0.4, -0.2) is 39.0 Å². The summed E-state index contributed by atoms with van der Waals surface area (Å²) in [6.45, 7) is 2.64. The number of aromatic carboxylic acids is 1. The van der Waals surface area contributed by atoms with Gasteiger partial charge in [0.1, 0.15) is 5.82 Å². The van der Waals surface area contributed by atoms with Crippen molar-refractivity contribution < 1.29 is 9.90 Å². The molecule has 0 aliphatic carbocycles. The van der Waals surface area contributed by atoms with Crippen LogP contribution in [0.3, 0.4) is 0 Å². The van der Waals surface area contributed by atoms with Gasteiger partial charge < -0.3 is 10.1 Å². The van der Waals surface area contributed by atoms with Gasteiger partial charge in [0.25, 0.3) is 0 Å². The van der Waals surface area contributed by atoms with Gasteiger partial charge in [-0.2, -0.15) is 0 Å². The van der Waals surface area contributed by atoms with Gasteiger partial charge >= 0.3 is 5.97 Å². The van der Waals surface area contributed by atoms with E-state index < -0.39 is 5.97 Å². The number of aromatic nitrogens is 2. The van der Waals surface area contributed by atoms with Crippen LogP contribution in [0.4, 0.5) is 0 Å². The molecule has 1 fully saturated rings. The number of carboxylic acids is 1. The standard InChI is InChI=1S/C15H17N3O2/c19-15(20)13-4-2-1-3-12(13)11-5-8-18(9-11)10-14-16-6-7-17-14/h1-4,6-7,11H,5,8-10H2,(H,16,17)(H,19,20). The summed E-state index contributed by atoms with van der Waals surface area (Å²) >= 11 is 0. The lowest BCUT2D eigenvalue weighted by atomic mass is 9.93. The summed E-state index contributed by atoms with van der Waals surface area (Å²) in [6.07, 6.45) is 4.57. The van der Waals surface area contributed by atoms with E-state index in [-0.39, 0.29) is 5.92 Å². The number of likely N-dealkylation sites (tertiary alicyclic amines) is 1. The molecule has 1 aliphatic heterocycles. The van der Waals surface area contributed by atoms with Crippen LogP contribution >= 0.6 is 0 Å². The molecule has 104 valence electrons. The summed E-state index contributed by atoms with van der Waals surface area (Å²) in [5.41, 5.74) is 1.37. The third-order valence-corrected chi connectivity index (χ3v) is 3.83. The maximum absolute atomic E-state index is 11.3. The Morgan fingerprint density at radius 2 is 2.30 bits per heavy atom. The Hall–Kier alpha value is -2.14. The largest absolute Gasteiger partial charge is 0.478 e. The first-order valence-electron chi connectivity index (χ1n) is 6.77. The lowest BCUT2D eigenvalue weighted by molar-refractivity contribution is 0.0695. The first-order valence-corrected chi connectivity index (χ1v) is 6.77. The van der Waals surface area contributed by atoms with Crippen LogP contribution in [-0.2, 0) is 6.54 Å². The monoisotopic (exact) mass is 271 g/mol. The Labute approximate surface area is 117 Å². The van der Waals surface area contributed by atoms with Crippen molar-refractivity contribution in [3.63, 3.8) is 0 Å². The normalized spacial score (nSPS) is 19.3. The summed E-state index contributed by atoms with van der Waals surface area (Å²) < 4.78 is 0. The van der Waals surface area contributed by atoms with Gasteiger partial charge in [0.2, 0.25) is 0 Å². The van der Waals surface area contributed by atoms with Gasteiger partial charge in [-0.05, 0) is 30.5 Å². The SMILES string of the molecule is O=C(O)c1ccccc1C1CCN(Cc2ncc[nH]2)C1. The third kappa shape index (κ3) is 2.58. The van der Waals surface area contributed by atoms with E-state index in [0.717, 1.165) is 37.4 Å². The van der Waals surface area contributed by atoms with Crippen molar-refractivity contribution in [2.45, 2.75) is 18.9 Å². The second kappa shape index (κ2) is 5.46. The molecule has 1 aliphatic rings. The smallest absolute Gasteiger partial charge is 0.335 e. The summed E-state index contributed by atoms with van der Waals surface area (Å²) in [5.74, 6) is 0.402. The predicted molar refractivity (Wildman–Crippen MR) is 74.6 cm³/mol. The van der Waals surface area contributed by atoms with E-state index in [4.69, 9.17) is 0 Å². The number of carboxylic acid groups (broad SMARTS) is 1. The summed E-state index contributed by atoms with van der Waals surface area (Å²) in [6, 6.07) is 7.32. The van der Waals surface area contributed by atoms with Crippen molar-refractivity contribution in [1.82, 2.24) is 14.9 Å². The molecule has 0 bridgehead atoms. The van der Waals surface area contributed by atoms with Crippen molar-refractivity contribution >= 4 is 5.97 Å². The Morgan fingerprint density at radius 3 is 3.05 bits per heavy atom. The van der Waals surface area contributed by atoms with Crippen molar-refractivity contribution in [3.8, 4) is 0 Å². The number of aromatic amines is 1. The maximum Gasteiger partial charge on any atom is 0.335 e. The average molecular weight is 271 g/mol. The first kappa shape index (κ1) is 12.9. The molecule has 5 heteroatoms. The zero-order valence-electron chi connectivity index (χ0n) is 11.1. The zero-order valence-corrected chi connectivity index (χ0v) is 11.1. The number of hydrogen-bond donors (Lipinski definition) is 2. The van der Waals surface area contributed by atoms with Gasteiger partial charge in [0, 0.05) is 18.9 Å². The molecule has 1 saturated heterocycles. The van der Waals surface area contributed by atoms with E-state index in [0.29, 0.717) is 5.56 Å².